The van der Waals surface area contributed by atoms with E-state index in [1.807, 2.05) is 6.08 Å². The van der Waals surface area contributed by atoms with E-state index in [0.29, 0.717) is 23.9 Å². The molecule has 0 aliphatic carbocycles. The van der Waals surface area contributed by atoms with Crippen LogP contribution in [0.4, 0.5) is 10.6 Å². The Bertz CT molecular complexity index is 1170. The van der Waals surface area contributed by atoms with Gasteiger partial charge < -0.3 is 30.5 Å². The molecular weight excluding hydrogens is 472 g/mol. The Morgan fingerprint density at radius 2 is 2.25 bits per heavy atom. The number of hydrogen-bond acceptors (Lipinski definition) is 11. The Morgan fingerprint density at radius 1 is 1.36 bits per heavy atom. The van der Waals surface area contributed by atoms with Crippen LogP contribution in [0.3, 0.4) is 0 Å². The number of aliphatic hydroxyl groups excluding tert-OH is 2. The lowest BCUT2D eigenvalue weighted by molar-refractivity contribution is -0.122. The van der Waals surface area contributed by atoms with Gasteiger partial charge in [-0.25, -0.2) is 9.78 Å². The van der Waals surface area contributed by atoms with E-state index in [0.717, 1.165) is 18.7 Å². The minimum Gasteiger partial charge on any atom is -0.491 e. The first kappa shape index (κ1) is 23.5. The summed E-state index contributed by atoms with van der Waals surface area (Å²) >= 11 is 0. The molecule has 15 heteroatoms. The van der Waals surface area contributed by atoms with Crippen molar-refractivity contribution in [3.63, 3.8) is 0 Å². The molecule has 0 radical (unpaired) electrons. The van der Waals surface area contributed by atoms with Gasteiger partial charge in [0.15, 0.2) is 5.82 Å². The van der Waals surface area contributed by atoms with Gasteiger partial charge >= 0.3 is 6.03 Å². The highest BCUT2D eigenvalue weighted by atomic mass is 16.5. The molecule has 1 fully saturated rings. The van der Waals surface area contributed by atoms with Crippen molar-refractivity contribution in [3.8, 4) is 5.75 Å². The van der Waals surface area contributed by atoms with Gasteiger partial charge in [-0.2, -0.15) is 5.21 Å². The highest BCUT2D eigenvalue weighted by Crippen LogP contribution is 2.33. The van der Waals surface area contributed by atoms with Gasteiger partial charge in [0.1, 0.15) is 36.1 Å². The number of aromatic amines is 1. The highest BCUT2D eigenvalue weighted by molar-refractivity contribution is 5.91. The summed E-state index contributed by atoms with van der Waals surface area (Å²) in [6.07, 6.45) is 4.84. The number of amides is 3. The second-order valence-corrected chi connectivity index (χ2v) is 8.47. The number of aliphatic hydroxyl groups is 2. The maximum absolute atomic E-state index is 13.4. The van der Waals surface area contributed by atoms with Crippen LogP contribution in [0.1, 0.15) is 12.2 Å². The molecule has 2 unspecified atom stereocenters. The number of nitrogens with one attached hydrogen (secondary N) is 4. The van der Waals surface area contributed by atoms with Crippen LogP contribution in [0.2, 0.25) is 0 Å². The van der Waals surface area contributed by atoms with Gasteiger partial charge in [-0.15, -0.1) is 10.2 Å². The summed E-state index contributed by atoms with van der Waals surface area (Å²) < 4.78 is 5.44. The molecule has 2 aromatic rings. The first-order valence-electron chi connectivity index (χ1n) is 11.4. The van der Waals surface area contributed by atoms with Gasteiger partial charge in [0, 0.05) is 25.4 Å². The van der Waals surface area contributed by atoms with Crippen molar-refractivity contribution in [1.82, 2.24) is 46.0 Å². The number of aromatic nitrogens is 5. The summed E-state index contributed by atoms with van der Waals surface area (Å²) in [5, 5.41) is 40.6. The van der Waals surface area contributed by atoms with Gasteiger partial charge in [-0.05, 0) is 18.6 Å². The van der Waals surface area contributed by atoms with E-state index >= 15 is 0 Å². The number of carbonyl (C=O) groups is 2. The SMILES string of the molecule is O=C(NCc1nn[nH]n1)C1C=CC2=C(N1)N(C(=O)Nc1cc(OC[C@H](O)CO)ccn1)C1CCN2C1. The number of pyridine rings is 1. The van der Waals surface area contributed by atoms with Crippen LogP contribution in [0.25, 0.3) is 0 Å². The molecule has 2 aromatic heterocycles. The second kappa shape index (κ2) is 10.2. The summed E-state index contributed by atoms with van der Waals surface area (Å²) in [6, 6.07) is 1.94. The van der Waals surface area contributed by atoms with Crippen LogP contribution in [0, 0.1) is 0 Å². The van der Waals surface area contributed by atoms with E-state index in [1.165, 1.54) is 12.3 Å². The molecule has 0 saturated carbocycles. The van der Waals surface area contributed by atoms with Gasteiger partial charge in [-0.3, -0.25) is 15.0 Å². The summed E-state index contributed by atoms with van der Waals surface area (Å²) in [7, 11) is 0. The van der Waals surface area contributed by atoms with Gasteiger partial charge in [0.05, 0.1) is 24.9 Å². The van der Waals surface area contributed by atoms with E-state index in [1.54, 1.807) is 17.0 Å². The molecule has 3 aliphatic rings. The highest BCUT2D eigenvalue weighted by Gasteiger charge is 2.42. The number of urea groups is 1. The summed E-state index contributed by atoms with van der Waals surface area (Å²) in [5.41, 5.74) is 0.837. The first-order chi connectivity index (χ1) is 17.5. The third-order valence-electron chi connectivity index (χ3n) is 6.02. The second-order valence-electron chi connectivity index (χ2n) is 8.47. The molecule has 3 amide bonds. The Balaban J connectivity index is 1.28. The van der Waals surface area contributed by atoms with Crippen LogP contribution < -0.4 is 20.7 Å². The predicted molar refractivity (Wildman–Crippen MR) is 123 cm³/mol. The Labute approximate surface area is 205 Å². The monoisotopic (exact) mass is 498 g/mol. The molecule has 2 bridgehead atoms. The fourth-order valence-corrected chi connectivity index (χ4v) is 4.28. The zero-order chi connectivity index (χ0) is 25.1. The van der Waals surface area contributed by atoms with Crippen LogP contribution in [0.15, 0.2) is 42.0 Å². The molecule has 5 heterocycles. The Hall–Kier alpha value is -4.24. The smallest absolute Gasteiger partial charge is 0.328 e. The molecule has 15 nitrogen and oxygen atoms in total. The quantitative estimate of drug-likeness (QED) is 0.242. The van der Waals surface area contributed by atoms with E-state index in [2.05, 4.69) is 46.5 Å². The van der Waals surface area contributed by atoms with Crippen molar-refractivity contribution in [3.05, 3.63) is 47.8 Å². The third kappa shape index (κ3) is 4.92. The number of nitrogens with zero attached hydrogens (tertiary/aromatic N) is 6. The lowest BCUT2D eigenvalue weighted by Crippen LogP contribution is -2.55. The number of allylic oxidation sites excluding steroid dienone is 1. The van der Waals surface area contributed by atoms with E-state index in [-0.39, 0.29) is 30.9 Å². The number of tetrazole rings is 1. The molecule has 1 saturated heterocycles. The largest absolute Gasteiger partial charge is 0.491 e. The van der Waals surface area contributed by atoms with Crippen molar-refractivity contribution in [2.45, 2.75) is 31.2 Å². The number of hydrogen-bond donors (Lipinski definition) is 6. The minimum absolute atomic E-state index is 0.0788. The lowest BCUT2D eigenvalue weighted by Gasteiger charge is -2.40. The number of ether oxygens (including phenoxy) is 1. The van der Waals surface area contributed by atoms with Crippen molar-refractivity contribution < 1.29 is 24.5 Å². The molecule has 190 valence electrons. The molecule has 36 heavy (non-hydrogen) atoms. The van der Waals surface area contributed by atoms with Crippen molar-refractivity contribution >= 4 is 17.8 Å². The first-order valence-corrected chi connectivity index (χ1v) is 11.4. The van der Waals surface area contributed by atoms with E-state index in [4.69, 9.17) is 9.84 Å². The number of carbonyl (C=O) groups excluding carboxylic acids is 2. The maximum Gasteiger partial charge on any atom is 0.328 e. The number of dihydropyridines is 1. The molecular formula is C21H26N10O5. The summed E-state index contributed by atoms with van der Waals surface area (Å²) in [5.74, 6) is 1.25. The molecule has 3 atom stereocenters. The summed E-state index contributed by atoms with van der Waals surface area (Å²) in [6.45, 7) is 1.08. The third-order valence-corrected chi connectivity index (χ3v) is 6.02. The normalized spacial score (nSPS) is 21.1. The fourth-order valence-electron chi connectivity index (χ4n) is 4.28. The van der Waals surface area contributed by atoms with E-state index in [9.17, 15) is 14.7 Å². The molecule has 3 aliphatic heterocycles. The average molecular weight is 499 g/mol. The average Bonchev–Trinajstić information content (AvgIpc) is 3.57. The van der Waals surface area contributed by atoms with E-state index < -0.39 is 24.8 Å². The Kier molecular flexibility index (Phi) is 6.64. The Morgan fingerprint density at radius 3 is 3.06 bits per heavy atom. The van der Waals surface area contributed by atoms with Crippen molar-refractivity contribution in [2.24, 2.45) is 0 Å². The van der Waals surface area contributed by atoms with Crippen molar-refractivity contribution in [2.75, 3.05) is 31.6 Å². The molecule has 0 spiro atoms. The van der Waals surface area contributed by atoms with Crippen LogP contribution in [0.5, 0.6) is 5.75 Å². The number of rotatable bonds is 8. The number of anilines is 1. The molecule has 5 rings (SSSR count). The van der Waals surface area contributed by atoms with Gasteiger partial charge in [0.2, 0.25) is 5.91 Å². The fraction of sp³-hybridized carbons (Fsp3) is 0.429. The van der Waals surface area contributed by atoms with Crippen LogP contribution in [-0.4, -0.2) is 102 Å². The summed E-state index contributed by atoms with van der Waals surface area (Å²) in [4.78, 5) is 34.2. The topological polar surface area (TPSA) is 194 Å². The maximum atomic E-state index is 13.4. The number of H-pyrrole nitrogens is 1. The number of fused-ring (bicyclic) bond motifs is 3. The van der Waals surface area contributed by atoms with Crippen LogP contribution >= 0.6 is 0 Å². The van der Waals surface area contributed by atoms with Gasteiger partial charge in [0.25, 0.3) is 0 Å². The molecule has 6 N–H and O–H groups in total. The van der Waals surface area contributed by atoms with Gasteiger partial charge in [-0.1, -0.05) is 11.3 Å². The zero-order valence-electron chi connectivity index (χ0n) is 19.2. The van der Waals surface area contributed by atoms with Crippen molar-refractivity contribution in [1.29, 1.82) is 0 Å². The lowest BCUT2D eigenvalue weighted by atomic mass is 10.1. The standard InChI is InChI=1S/C21H26N10O5/c32-10-13(33)11-36-14-3-5-22-17(7-14)25-21(35)31-12-4-6-30(9-12)16-2-1-15(24-19(16)31)20(34)23-8-18-26-28-29-27-18/h1-3,5,7,12-13,15,24,32-33H,4,6,8-11H2,(H,23,34)(H,22,25,35)(H,26,27,28,29)/t12?,13-,15?/m1/s1. The van der Waals surface area contributed by atoms with Crippen LogP contribution in [-0.2, 0) is 11.3 Å². The predicted octanol–water partition coefficient (Wildman–Crippen LogP) is -1.74. The molecule has 0 aromatic carbocycles. The zero-order valence-corrected chi connectivity index (χ0v) is 19.2. The minimum atomic E-state index is -1.01.